The molecule has 12 heteroatoms. The van der Waals surface area contributed by atoms with Crippen LogP contribution in [-0.2, 0) is 0 Å². The first-order valence-corrected chi connectivity index (χ1v) is 24.6. The zero-order chi connectivity index (χ0) is 104. The highest BCUT2D eigenvalue weighted by atomic mass is 16.5. The van der Waals surface area contributed by atoms with Crippen molar-refractivity contribution < 1.29 is 111 Å². The molecule has 8 rings (SSSR count). The Hall–Kier alpha value is -4.24. The monoisotopic (exact) mass is 1160 g/mol. The summed E-state index contributed by atoms with van der Waals surface area (Å²) in [5.74, 6) is -11.7. The van der Waals surface area contributed by atoms with Gasteiger partial charge in [-0.2, -0.15) is 0 Å². The lowest BCUT2D eigenvalue weighted by molar-refractivity contribution is -0.0280. The van der Waals surface area contributed by atoms with E-state index in [1.165, 1.54) is 40.6 Å². The summed E-state index contributed by atoms with van der Waals surface area (Å²) >= 11 is 0. The fourth-order valence-electron chi connectivity index (χ4n) is 8.13. The Bertz CT molecular complexity index is 4600. The number of ether oxygens (including phenoxy) is 4. The topological polar surface area (TPSA) is 131 Å². The van der Waals surface area contributed by atoms with Crippen molar-refractivity contribution in [3.63, 3.8) is 0 Å². The zero-order valence-corrected chi connectivity index (χ0v) is 46.0. The average Bonchev–Trinajstić information content (AvgIpc) is 0.647. The largest absolute Gasteiger partial charge is 0.497 e. The summed E-state index contributed by atoms with van der Waals surface area (Å²) in [6.45, 7) is -22.1. The third-order valence-corrected chi connectivity index (χ3v) is 12.0. The van der Waals surface area contributed by atoms with Gasteiger partial charge in [0.2, 0.25) is 0 Å². The molecular formula is C68H108N4O8. The number of likely N-dealkylation sites (N-methyl/N-ethyl adjacent to an activating group) is 4. The first kappa shape index (κ1) is 24.4. The molecule has 4 atom stereocenters. The van der Waals surface area contributed by atoms with E-state index in [-0.39, 0.29) is 52.1 Å². The van der Waals surface area contributed by atoms with Crippen molar-refractivity contribution >= 4 is 0 Å². The van der Waals surface area contributed by atoms with Crippen LogP contribution in [0.25, 0.3) is 0 Å². The Kier molecular flexibility index (Phi) is 9.93. The Morgan fingerprint density at radius 3 is 1.06 bits per heavy atom. The van der Waals surface area contributed by atoms with Crippen molar-refractivity contribution in [2.24, 2.45) is 0 Å². The summed E-state index contributed by atoms with van der Waals surface area (Å²) in [5, 5.41) is 47.0. The highest BCUT2D eigenvalue weighted by Crippen LogP contribution is 2.44. The van der Waals surface area contributed by atoms with E-state index >= 15 is 0 Å². The van der Waals surface area contributed by atoms with Gasteiger partial charge >= 0.3 is 0 Å². The number of nitrogens with zero attached hydrogens (tertiary/aromatic N) is 4. The van der Waals surface area contributed by atoms with Crippen molar-refractivity contribution in [1.29, 1.82) is 0 Å². The van der Waals surface area contributed by atoms with Crippen molar-refractivity contribution in [2.75, 3.05) is 111 Å². The van der Waals surface area contributed by atoms with Crippen molar-refractivity contribution in [3.05, 3.63) is 119 Å². The molecular weight excluding hydrogens is 1000 g/mol. The average molecular weight is 1160 g/mol. The molecule has 0 heterocycles. The van der Waals surface area contributed by atoms with Gasteiger partial charge in [-0.15, -0.1) is 0 Å². The minimum Gasteiger partial charge on any atom is -0.497 e. The Morgan fingerprint density at radius 2 is 0.762 bits per heavy atom. The number of hydrogen-bond donors (Lipinski definition) is 4. The van der Waals surface area contributed by atoms with Crippen LogP contribution in [0.2, 0.25) is 0 Å². The van der Waals surface area contributed by atoms with Crippen LogP contribution in [0, 0.1) is 0 Å². The minimum atomic E-state index is -4.67. The van der Waals surface area contributed by atoms with Crippen molar-refractivity contribution in [3.8, 4) is 23.0 Å². The molecule has 4 aliphatic carbocycles. The molecule has 4 N–H and O–H groups in total. The van der Waals surface area contributed by atoms with Gasteiger partial charge in [0.15, 0.2) is 0 Å². The molecule has 4 unspecified atom stereocenters. The van der Waals surface area contributed by atoms with E-state index < -0.39 is 204 Å². The van der Waals surface area contributed by atoms with Crippen LogP contribution in [0.5, 0.6) is 23.0 Å². The van der Waals surface area contributed by atoms with Crippen LogP contribution in [0.4, 0.5) is 0 Å². The van der Waals surface area contributed by atoms with Crippen LogP contribution in [0.3, 0.4) is 0 Å². The first-order chi connectivity index (χ1) is 58.3. The van der Waals surface area contributed by atoms with E-state index in [1.54, 1.807) is 0 Å². The first-order valence-electron chi connectivity index (χ1n) is 50.6. The SMILES string of the molecule is [2H]C([2H])(N(C)C)C([2H])(c1ccc(OC)cc1)C1(O)C([2H])([2H])C([2H])([2H])C([2H])([2H])C([2H])([2H])C1([2H])[2H].[2H]C([2H])([2H])N(C([2H])([2H])[2H])C([2H])([2H])C([2H])(c1ccc(OC)cc1)C1(O)C([2H])([2H])C([2H])([2H])C([2H])([2H])C([2H])([2H])C1([2H])[2H].[2H]C([2H])([2H])N(C)C([2H])([2H])C([2H])(c1ccc(OC)cc1)C1(O)C([2H])([2H])C([2H])([2H])C([2H])([2H])C([2H])([2H])C1([2H])[2H].[2H]c1c([2H])c(C(CN(C)C)C2(O)CCCCC2)c([2H])c([2H])c1OC. The van der Waals surface area contributed by atoms with E-state index in [9.17, 15) is 23.2 Å². The van der Waals surface area contributed by atoms with Gasteiger partial charge in [0.25, 0.3) is 0 Å². The van der Waals surface area contributed by atoms with E-state index in [1.807, 2.05) is 19.0 Å². The fraction of sp³-hybridized carbons (Fsp3) is 0.647. The highest BCUT2D eigenvalue weighted by molar-refractivity contribution is 5.35. The molecule has 0 radical (unpaired) electrons. The Morgan fingerprint density at radius 1 is 0.438 bits per heavy atom. The third-order valence-electron chi connectivity index (χ3n) is 12.0. The maximum atomic E-state index is 12.0. The quantitative estimate of drug-likeness (QED) is 0.0672. The molecule has 0 aromatic heterocycles. The number of methoxy groups -OCH3 is 4. The molecule has 0 spiro atoms. The highest BCUT2D eigenvalue weighted by Gasteiger charge is 2.42. The molecule has 4 aromatic rings. The summed E-state index contributed by atoms with van der Waals surface area (Å²) < 4.78 is 449. The molecule has 0 saturated heterocycles. The van der Waals surface area contributed by atoms with Crippen LogP contribution in [0.15, 0.2) is 97.0 Å². The standard InChI is InChI=1S/4C17H27NO2/c4*1-18(2)13-16(17(19)11-5-4-6-12-17)14-7-9-15(20-3)10-8-14/h4*7-10,16,19H,4-6,11-13H2,1-3H3/i1D3,2D3,4D2,5D2,6D2,11D2,12D2,13D2,16D;1D3,4D2,5D2,6D2,11D2,12D2,13D2,16D;4D2,5D2,6D2,11D2,12D2,13D2,16D;7D,8D,9D,10D. The maximum Gasteiger partial charge on any atom is 0.118 e. The molecule has 0 amide bonds. The predicted octanol–water partition coefficient (Wildman–Crippen LogP) is 12.1. The van der Waals surface area contributed by atoms with Crippen molar-refractivity contribution in [1.82, 2.24) is 19.6 Å². The molecule has 4 fully saturated rings. The maximum absolute atomic E-state index is 12.0. The summed E-state index contributed by atoms with van der Waals surface area (Å²) in [5.41, 5.74) is -16.1. The van der Waals surface area contributed by atoms with Gasteiger partial charge in [0.05, 0.1) is 56.3 Å². The second kappa shape index (κ2) is 32.6. The summed E-state index contributed by atoms with van der Waals surface area (Å²) in [6.07, 6.45) is -57.3. The van der Waals surface area contributed by atoms with Crippen LogP contribution in [-0.4, -0.2) is 173 Å². The summed E-state index contributed by atoms with van der Waals surface area (Å²) in [4.78, 5) is 1.74. The molecule has 0 bridgehead atoms. The van der Waals surface area contributed by atoms with Gasteiger partial charge in [-0.05, 0) is 178 Å². The lowest BCUT2D eigenvalue weighted by Crippen LogP contribution is -2.42. The van der Waals surface area contributed by atoms with Gasteiger partial charge < -0.3 is 59.0 Å². The summed E-state index contributed by atoms with van der Waals surface area (Å²) in [7, 11) is 11.8. The Labute approximate surface area is 557 Å². The van der Waals surface area contributed by atoms with Crippen molar-refractivity contribution in [2.45, 2.75) is 174 Å². The normalized spacial score (nSPS) is 41.1. The number of benzene rings is 4. The zero-order valence-electron chi connectivity index (χ0n) is 98.0. The second-order valence-corrected chi connectivity index (χ2v) is 18.4. The fourth-order valence-corrected chi connectivity index (χ4v) is 8.13. The Balaban J connectivity index is 0.000000315. The lowest BCUT2D eigenvalue weighted by atomic mass is 9.72. The molecule has 80 heavy (non-hydrogen) atoms. The van der Waals surface area contributed by atoms with E-state index in [0.717, 1.165) is 98.9 Å². The summed E-state index contributed by atoms with van der Waals surface area (Å²) in [6, 6.07) is 11.5. The molecule has 12 nitrogen and oxygen atoms in total. The second-order valence-electron chi connectivity index (χ2n) is 18.4. The van der Waals surface area contributed by atoms with Gasteiger partial charge in [0, 0.05) is 115 Å². The molecule has 4 aliphatic rings. The molecule has 4 saturated carbocycles. The van der Waals surface area contributed by atoms with E-state index in [4.69, 9.17) is 87.5 Å². The van der Waals surface area contributed by atoms with E-state index in [2.05, 4.69) is 0 Å². The van der Waals surface area contributed by atoms with Gasteiger partial charge in [-0.1, -0.05) is 125 Å². The van der Waals surface area contributed by atoms with Gasteiger partial charge in [-0.3, -0.25) is 0 Å². The third kappa shape index (κ3) is 20.0. The minimum absolute atomic E-state index is 0.00816. The van der Waals surface area contributed by atoms with Gasteiger partial charge in [0.1, 0.15) is 23.0 Å². The molecule has 0 aliphatic heterocycles. The number of rotatable bonds is 20. The lowest BCUT2D eigenvalue weighted by Gasteiger charge is -2.40. The van der Waals surface area contributed by atoms with Crippen LogP contribution < -0.4 is 18.9 Å². The van der Waals surface area contributed by atoms with E-state index in [0.29, 0.717) is 32.0 Å². The van der Waals surface area contributed by atoms with Gasteiger partial charge in [-0.25, -0.2) is 0 Å². The van der Waals surface area contributed by atoms with Crippen LogP contribution in [0.1, 0.15) is 245 Å². The predicted molar refractivity (Wildman–Crippen MR) is 329 cm³/mol. The molecule has 448 valence electrons. The number of hydrogen-bond acceptors (Lipinski definition) is 12. The molecule has 4 aromatic carbocycles. The number of aliphatic hydroxyl groups is 4. The smallest absolute Gasteiger partial charge is 0.118 e. The van der Waals surface area contributed by atoms with Crippen LogP contribution >= 0.6 is 0 Å².